The van der Waals surface area contributed by atoms with Crippen molar-refractivity contribution < 1.29 is 29.0 Å². The zero-order chi connectivity index (χ0) is 21.2. The molecule has 0 fully saturated rings. The molecular weight excluding hydrogens is 376 g/mol. The third-order valence-corrected chi connectivity index (χ3v) is 3.81. The molecule has 29 heavy (non-hydrogen) atoms. The monoisotopic (exact) mass is 400 g/mol. The summed E-state index contributed by atoms with van der Waals surface area (Å²) in [6.45, 7) is 3.65. The van der Waals surface area contributed by atoms with Crippen molar-refractivity contribution in [1.82, 2.24) is 10.6 Å². The first-order valence-electron chi connectivity index (χ1n) is 9.15. The summed E-state index contributed by atoms with van der Waals surface area (Å²) in [5.41, 5.74) is 0.378. The fourth-order valence-electron chi connectivity index (χ4n) is 2.40. The van der Waals surface area contributed by atoms with Gasteiger partial charge in [0.25, 0.3) is 11.8 Å². The molecule has 0 bridgehead atoms. The first-order valence-corrected chi connectivity index (χ1v) is 9.15. The molecule has 0 aliphatic rings. The second-order valence-electron chi connectivity index (χ2n) is 6.28. The Morgan fingerprint density at radius 3 is 2.38 bits per heavy atom. The Morgan fingerprint density at radius 2 is 1.69 bits per heavy atom. The first-order chi connectivity index (χ1) is 13.8. The van der Waals surface area contributed by atoms with Gasteiger partial charge in [-0.25, -0.2) is 0 Å². The summed E-state index contributed by atoms with van der Waals surface area (Å²) in [5, 5.41) is 14.7. The van der Waals surface area contributed by atoms with Gasteiger partial charge in [-0.05, 0) is 55.8 Å². The van der Waals surface area contributed by atoms with Crippen LogP contribution in [0, 0.1) is 0 Å². The van der Waals surface area contributed by atoms with Gasteiger partial charge in [0.2, 0.25) is 0 Å². The predicted molar refractivity (Wildman–Crippen MR) is 106 cm³/mol. The van der Waals surface area contributed by atoms with Crippen molar-refractivity contribution in [3.05, 3.63) is 54.1 Å². The van der Waals surface area contributed by atoms with Gasteiger partial charge in [0.1, 0.15) is 17.2 Å². The van der Waals surface area contributed by atoms with Crippen LogP contribution in [0.1, 0.15) is 30.6 Å². The van der Waals surface area contributed by atoms with Crippen molar-refractivity contribution in [3.63, 3.8) is 0 Å². The number of phenols is 1. The van der Waals surface area contributed by atoms with Gasteiger partial charge in [-0.3, -0.25) is 14.4 Å². The molecule has 0 radical (unpaired) electrons. The molecule has 2 rings (SSSR count). The summed E-state index contributed by atoms with van der Waals surface area (Å²) in [5.74, 6) is -0.127. The lowest BCUT2D eigenvalue weighted by atomic mass is 10.2. The van der Waals surface area contributed by atoms with E-state index in [1.54, 1.807) is 37.3 Å². The lowest BCUT2D eigenvalue weighted by Crippen LogP contribution is -2.37. The maximum absolute atomic E-state index is 12.1. The average Bonchev–Trinajstić information content (AvgIpc) is 2.68. The standard InChI is InChI=1S/C21H24N2O6/c1-14(28-18-9-7-17(25)8-10-18)20(26)22-11-4-12-23-21(27)16-5-3-6-19(13-16)29-15(2)24/h3,5-10,13-14,25H,4,11-12H2,1-2H3,(H,22,26)(H,23,27). The number of aromatic hydroxyl groups is 1. The second kappa shape index (κ2) is 10.7. The lowest BCUT2D eigenvalue weighted by molar-refractivity contribution is -0.132. The molecule has 2 amide bonds. The van der Waals surface area contributed by atoms with Crippen molar-refractivity contribution in [1.29, 1.82) is 0 Å². The number of ether oxygens (including phenoxy) is 2. The highest BCUT2D eigenvalue weighted by atomic mass is 16.5. The van der Waals surface area contributed by atoms with Crippen LogP contribution in [0.3, 0.4) is 0 Å². The van der Waals surface area contributed by atoms with Crippen molar-refractivity contribution in [3.8, 4) is 17.2 Å². The van der Waals surface area contributed by atoms with Crippen molar-refractivity contribution >= 4 is 17.8 Å². The predicted octanol–water partition coefficient (Wildman–Crippen LogP) is 2.02. The molecule has 3 N–H and O–H groups in total. The van der Waals surface area contributed by atoms with Crippen LogP contribution >= 0.6 is 0 Å². The fourth-order valence-corrected chi connectivity index (χ4v) is 2.40. The molecule has 8 nitrogen and oxygen atoms in total. The number of phenolic OH excluding ortho intramolecular Hbond substituents is 1. The third kappa shape index (κ3) is 7.53. The van der Waals surface area contributed by atoms with Crippen molar-refractivity contribution in [2.45, 2.75) is 26.4 Å². The van der Waals surface area contributed by atoms with Crippen LogP contribution in [-0.2, 0) is 9.59 Å². The van der Waals surface area contributed by atoms with E-state index in [1.165, 1.54) is 25.1 Å². The van der Waals surface area contributed by atoms with E-state index in [9.17, 15) is 19.5 Å². The Bertz CT molecular complexity index is 851. The molecule has 0 spiro atoms. The largest absolute Gasteiger partial charge is 0.508 e. The van der Waals surface area contributed by atoms with E-state index in [0.29, 0.717) is 36.6 Å². The summed E-state index contributed by atoms with van der Waals surface area (Å²) < 4.78 is 10.4. The Hall–Kier alpha value is -3.55. The lowest BCUT2D eigenvalue weighted by Gasteiger charge is -2.15. The summed E-state index contributed by atoms with van der Waals surface area (Å²) >= 11 is 0. The van der Waals surface area contributed by atoms with E-state index < -0.39 is 12.1 Å². The van der Waals surface area contributed by atoms with Crippen LogP contribution in [-0.4, -0.2) is 42.1 Å². The van der Waals surface area contributed by atoms with E-state index in [4.69, 9.17) is 9.47 Å². The number of hydrogen-bond donors (Lipinski definition) is 3. The van der Waals surface area contributed by atoms with Gasteiger partial charge >= 0.3 is 5.97 Å². The maximum Gasteiger partial charge on any atom is 0.308 e. The molecule has 0 aliphatic heterocycles. The van der Waals surface area contributed by atoms with Crippen molar-refractivity contribution in [2.75, 3.05) is 13.1 Å². The van der Waals surface area contributed by atoms with Gasteiger partial charge in [0, 0.05) is 25.6 Å². The van der Waals surface area contributed by atoms with E-state index in [1.807, 2.05) is 0 Å². The highest BCUT2D eigenvalue weighted by Crippen LogP contribution is 2.17. The Balaban J connectivity index is 1.68. The molecular formula is C21H24N2O6. The molecule has 0 saturated carbocycles. The topological polar surface area (TPSA) is 114 Å². The van der Waals surface area contributed by atoms with Gasteiger partial charge < -0.3 is 25.2 Å². The molecule has 0 heterocycles. The summed E-state index contributed by atoms with van der Waals surface area (Å²) in [6, 6.07) is 12.4. The summed E-state index contributed by atoms with van der Waals surface area (Å²) in [7, 11) is 0. The van der Waals surface area contributed by atoms with Gasteiger partial charge in [-0.2, -0.15) is 0 Å². The first kappa shape index (κ1) is 21.7. The number of benzene rings is 2. The quantitative estimate of drug-likeness (QED) is 0.337. The van der Waals surface area contributed by atoms with Gasteiger partial charge in [-0.15, -0.1) is 0 Å². The van der Waals surface area contributed by atoms with Gasteiger partial charge in [-0.1, -0.05) is 6.07 Å². The Kier molecular flexibility index (Phi) is 8.02. The fraction of sp³-hybridized carbons (Fsp3) is 0.286. The van der Waals surface area contributed by atoms with Gasteiger partial charge in [0.15, 0.2) is 6.10 Å². The van der Waals surface area contributed by atoms with Crippen molar-refractivity contribution in [2.24, 2.45) is 0 Å². The summed E-state index contributed by atoms with van der Waals surface area (Å²) in [4.78, 5) is 35.2. The molecule has 2 aromatic carbocycles. The van der Waals surface area contributed by atoms with E-state index in [2.05, 4.69) is 10.6 Å². The number of nitrogens with one attached hydrogen (secondary N) is 2. The highest BCUT2D eigenvalue weighted by Gasteiger charge is 2.14. The molecule has 2 aromatic rings. The zero-order valence-corrected chi connectivity index (χ0v) is 16.3. The molecule has 154 valence electrons. The molecule has 8 heteroatoms. The molecule has 1 unspecified atom stereocenters. The minimum Gasteiger partial charge on any atom is -0.508 e. The minimum absolute atomic E-state index is 0.120. The second-order valence-corrected chi connectivity index (χ2v) is 6.28. The molecule has 0 aromatic heterocycles. The number of hydrogen-bond acceptors (Lipinski definition) is 6. The van der Waals surface area contributed by atoms with Crippen LogP contribution in [0.4, 0.5) is 0 Å². The van der Waals surface area contributed by atoms with Crippen LogP contribution in [0.25, 0.3) is 0 Å². The normalized spacial score (nSPS) is 11.2. The minimum atomic E-state index is -0.696. The maximum atomic E-state index is 12.1. The molecule has 1 atom stereocenters. The molecule has 0 saturated heterocycles. The van der Waals surface area contributed by atoms with E-state index >= 15 is 0 Å². The zero-order valence-electron chi connectivity index (χ0n) is 16.3. The van der Waals surface area contributed by atoms with Crippen LogP contribution in [0.2, 0.25) is 0 Å². The summed E-state index contributed by atoms with van der Waals surface area (Å²) in [6.07, 6.45) is -0.161. The smallest absolute Gasteiger partial charge is 0.308 e. The van der Waals surface area contributed by atoms with E-state index in [-0.39, 0.29) is 17.6 Å². The number of amides is 2. The number of carbonyl (C=O) groups is 3. The number of carbonyl (C=O) groups excluding carboxylic acids is 3. The van der Waals surface area contributed by atoms with E-state index in [0.717, 1.165) is 0 Å². The van der Waals surface area contributed by atoms with Gasteiger partial charge in [0.05, 0.1) is 0 Å². The number of esters is 1. The Labute approximate surface area is 168 Å². The SMILES string of the molecule is CC(=O)Oc1cccc(C(=O)NCCCNC(=O)C(C)Oc2ccc(O)cc2)c1. The highest BCUT2D eigenvalue weighted by molar-refractivity contribution is 5.94. The van der Waals surface area contributed by atoms with Crippen LogP contribution < -0.4 is 20.1 Å². The van der Waals surface area contributed by atoms with Crippen LogP contribution in [0.5, 0.6) is 17.2 Å². The average molecular weight is 400 g/mol. The third-order valence-electron chi connectivity index (χ3n) is 3.81. The number of rotatable bonds is 9. The Morgan fingerprint density at radius 1 is 1.00 bits per heavy atom. The molecule has 0 aliphatic carbocycles. The van der Waals surface area contributed by atoms with Crippen LogP contribution in [0.15, 0.2) is 48.5 Å².